The molecule has 0 N–H and O–H groups in total. The molecule has 0 aromatic rings. The Bertz CT molecular complexity index is 174. The molecule has 0 aromatic carbocycles. The van der Waals surface area contributed by atoms with Gasteiger partial charge >= 0.3 is 17.1 Å². The van der Waals surface area contributed by atoms with Crippen LogP contribution in [0.15, 0.2) is 12.7 Å². The van der Waals surface area contributed by atoms with E-state index in [-0.39, 0.29) is 17.1 Å². The van der Waals surface area contributed by atoms with E-state index in [1.54, 1.807) is 0 Å². The fourth-order valence-electron chi connectivity index (χ4n) is 0. The Kier molecular flexibility index (Phi) is 14.1. The molecule has 0 unspecified atom stereocenters. The fraction of sp³-hybridized carbons (Fsp3) is 0.167. The summed E-state index contributed by atoms with van der Waals surface area (Å²) >= 11 is 0. The van der Waals surface area contributed by atoms with E-state index >= 15 is 0 Å². The molecule has 0 fully saturated rings. The Morgan fingerprint density at radius 3 is 1.42 bits per heavy atom. The maximum Gasteiger partial charge on any atom is 2.00 e. The number of carboxylic acids is 2. The number of aliphatic carboxylic acids is 2. The van der Waals surface area contributed by atoms with Crippen LogP contribution >= 0.6 is 0 Å². The van der Waals surface area contributed by atoms with Gasteiger partial charge in [0.05, 0.1) is 5.97 Å². The third-order valence-corrected chi connectivity index (χ3v) is 0.454. The number of hydrogen-bond donors (Lipinski definition) is 0. The molecule has 0 aromatic heterocycles. The zero-order valence-electron chi connectivity index (χ0n) is 6.13. The average molecular weight is 222 g/mol. The molecule has 6 heteroatoms. The first-order valence-corrected chi connectivity index (χ1v) is 2.47. The Hall–Kier alpha value is -1.13. The van der Waals surface area contributed by atoms with Crippen LogP contribution in [0, 0.1) is 0 Å². The summed E-state index contributed by atoms with van der Waals surface area (Å²) in [5.41, 5.74) is 0. The van der Waals surface area contributed by atoms with Gasteiger partial charge in [0.15, 0.2) is 5.78 Å². The van der Waals surface area contributed by atoms with Gasteiger partial charge in [-0.25, -0.2) is 0 Å². The minimum Gasteiger partial charge on any atom is -0.545 e. The number of carboxylic acid groups (broad SMARTS) is 2. The van der Waals surface area contributed by atoms with Crippen LogP contribution < -0.4 is 10.2 Å². The predicted octanol–water partition coefficient (Wildman–Crippen LogP) is -2.75. The first-order valence-electron chi connectivity index (χ1n) is 2.47. The third-order valence-electron chi connectivity index (χ3n) is 0.454. The van der Waals surface area contributed by atoms with Crippen LogP contribution in [-0.2, 0) is 31.5 Å². The summed E-state index contributed by atoms with van der Waals surface area (Å²) in [7, 11) is 0. The van der Waals surface area contributed by atoms with E-state index in [9.17, 15) is 14.7 Å². The number of ketones is 1. The van der Waals surface area contributed by atoms with Crippen molar-refractivity contribution in [1.82, 2.24) is 0 Å². The molecule has 1 radical (unpaired) electrons. The smallest absolute Gasteiger partial charge is 0.545 e. The summed E-state index contributed by atoms with van der Waals surface area (Å²) < 4.78 is 0. The van der Waals surface area contributed by atoms with Crippen molar-refractivity contribution in [3.05, 3.63) is 12.7 Å². The van der Waals surface area contributed by atoms with Crippen LogP contribution in [0.2, 0.25) is 0 Å². The van der Waals surface area contributed by atoms with Crippen molar-refractivity contribution in [3.63, 3.8) is 0 Å². The zero-order chi connectivity index (χ0) is 9.44. The van der Waals surface area contributed by atoms with E-state index in [0.29, 0.717) is 0 Å². The van der Waals surface area contributed by atoms with Gasteiger partial charge in [0, 0.05) is 6.92 Å². The van der Waals surface area contributed by atoms with E-state index in [0.717, 1.165) is 13.0 Å². The average Bonchev–Trinajstić information content (AvgIpc) is 1.89. The van der Waals surface area contributed by atoms with Gasteiger partial charge in [-0.2, -0.15) is 0 Å². The number of carbonyl (C=O) groups is 3. The van der Waals surface area contributed by atoms with Crippen LogP contribution in [0.5, 0.6) is 0 Å². The second-order valence-electron chi connectivity index (χ2n) is 1.37. The third kappa shape index (κ3) is 23.2. The predicted molar refractivity (Wildman–Crippen MR) is 30.9 cm³/mol. The zero-order valence-corrected chi connectivity index (χ0v) is 7.07. The van der Waals surface area contributed by atoms with Gasteiger partial charge in [-0.3, -0.25) is 4.79 Å². The molecule has 71 valence electrons. The van der Waals surface area contributed by atoms with Crippen molar-refractivity contribution >= 4 is 17.7 Å². The second kappa shape index (κ2) is 9.87. The number of carbonyl (C=O) groups excluding carboxylic acids is 3. The summed E-state index contributed by atoms with van der Waals surface area (Å²) in [5.74, 6) is -3.80. The monoisotopic (exact) mass is 221 g/mol. The van der Waals surface area contributed by atoms with Gasteiger partial charge in [0.2, 0.25) is 0 Å². The minimum absolute atomic E-state index is 0. The Morgan fingerprint density at radius 2 is 1.42 bits per heavy atom. The summed E-state index contributed by atoms with van der Waals surface area (Å²) in [5, 5.41) is 18.4. The Balaban J connectivity index is -0.000000126. The normalized spacial score (nSPS) is 6.42. The van der Waals surface area contributed by atoms with E-state index in [1.165, 1.54) is 0 Å². The van der Waals surface area contributed by atoms with Gasteiger partial charge < -0.3 is 19.8 Å². The molecule has 0 saturated heterocycles. The van der Waals surface area contributed by atoms with Crippen molar-refractivity contribution in [2.45, 2.75) is 6.92 Å². The van der Waals surface area contributed by atoms with Gasteiger partial charge in [0.25, 0.3) is 0 Å². The van der Waals surface area contributed by atoms with Crippen molar-refractivity contribution in [2.75, 3.05) is 0 Å². The second-order valence-corrected chi connectivity index (χ2v) is 1.37. The van der Waals surface area contributed by atoms with Crippen molar-refractivity contribution in [1.29, 1.82) is 0 Å². The van der Waals surface area contributed by atoms with Crippen molar-refractivity contribution in [3.8, 4) is 0 Å². The SMILES string of the molecule is C=CC(=O)[O-].CC(=O)C(=O)[O-].[Cu+2]. The molecule has 0 heterocycles. The van der Waals surface area contributed by atoms with Gasteiger partial charge in [0.1, 0.15) is 5.97 Å². The molecule has 0 rings (SSSR count). The minimum atomic E-state index is -1.63. The van der Waals surface area contributed by atoms with Gasteiger partial charge in [-0.05, 0) is 6.08 Å². The Morgan fingerprint density at radius 1 is 1.25 bits per heavy atom. The van der Waals surface area contributed by atoms with E-state index in [1.807, 2.05) is 0 Å². The number of Topliss-reactive ketones (excluding diaryl/α,β-unsaturated/α-hetero) is 1. The Labute approximate surface area is 79.5 Å². The van der Waals surface area contributed by atoms with Crippen molar-refractivity contribution < 1.29 is 41.7 Å². The first-order chi connectivity index (χ1) is 4.91. The number of rotatable bonds is 2. The van der Waals surface area contributed by atoms with Crippen LogP contribution in [0.4, 0.5) is 0 Å². The largest absolute Gasteiger partial charge is 2.00 e. The molecule has 0 spiro atoms. The molecule has 0 amide bonds. The molecule has 0 bridgehead atoms. The molecule has 0 aliphatic carbocycles. The molecule has 0 aliphatic rings. The maximum absolute atomic E-state index is 9.48. The van der Waals surface area contributed by atoms with Crippen LogP contribution in [0.1, 0.15) is 6.92 Å². The molecule has 12 heavy (non-hydrogen) atoms. The summed E-state index contributed by atoms with van der Waals surface area (Å²) in [6.45, 7) is 3.84. The molecule has 0 saturated carbocycles. The molecule has 0 aliphatic heterocycles. The van der Waals surface area contributed by atoms with Gasteiger partial charge in [-0.1, -0.05) is 6.58 Å². The number of hydrogen-bond acceptors (Lipinski definition) is 5. The van der Waals surface area contributed by atoms with E-state index < -0.39 is 17.7 Å². The fourth-order valence-corrected chi connectivity index (χ4v) is 0. The van der Waals surface area contributed by atoms with Crippen LogP contribution in [-0.4, -0.2) is 17.7 Å². The molecule has 0 atom stereocenters. The van der Waals surface area contributed by atoms with Crippen LogP contribution in [0.25, 0.3) is 0 Å². The molecular weight excluding hydrogens is 216 g/mol. The quantitative estimate of drug-likeness (QED) is 0.286. The standard InChI is InChI=1S/C3H4O3.C3H4O2.Cu/c1-2(4)3(5)6;1-2-3(4)5;/h1H3,(H,5,6);2H,1H2,(H,4,5);/q;;+2/p-2. The summed E-state index contributed by atoms with van der Waals surface area (Å²) in [4.78, 5) is 27.9. The molecular formula is C6H6CuO5. The van der Waals surface area contributed by atoms with Crippen LogP contribution in [0.3, 0.4) is 0 Å². The summed E-state index contributed by atoms with van der Waals surface area (Å²) in [6, 6.07) is 0. The van der Waals surface area contributed by atoms with Crippen molar-refractivity contribution in [2.24, 2.45) is 0 Å². The van der Waals surface area contributed by atoms with Gasteiger partial charge in [-0.15, -0.1) is 0 Å². The first kappa shape index (κ1) is 17.1. The van der Waals surface area contributed by atoms with E-state index in [4.69, 9.17) is 9.90 Å². The summed E-state index contributed by atoms with van der Waals surface area (Å²) in [6.07, 6.45) is 0.722. The van der Waals surface area contributed by atoms with E-state index in [2.05, 4.69) is 6.58 Å². The topological polar surface area (TPSA) is 97.3 Å². The molecule has 5 nitrogen and oxygen atoms in total. The maximum atomic E-state index is 9.48.